The van der Waals surface area contributed by atoms with E-state index in [4.69, 9.17) is 14.0 Å². The fourth-order valence-electron chi connectivity index (χ4n) is 3.25. The van der Waals surface area contributed by atoms with Crippen LogP contribution in [-0.4, -0.2) is 30.2 Å². The number of hydrogen-bond donors (Lipinski definition) is 1. The van der Waals surface area contributed by atoms with Crippen molar-refractivity contribution in [3.05, 3.63) is 59.4 Å². The second-order valence-corrected chi connectivity index (χ2v) is 8.72. The van der Waals surface area contributed by atoms with Crippen LogP contribution in [0.2, 0.25) is 0 Å². The van der Waals surface area contributed by atoms with Crippen LogP contribution in [0.25, 0.3) is 0 Å². The first-order valence-corrected chi connectivity index (χ1v) is 10.1. The van der Waals surface area contributed by atoms with Crippen LogP contribution >= 0.6 is 0 Å². The van der Waals surface area contributed by atoms with E-state index in [0.29, 0.717) is 5.56 Å². The summed E-state index contributed by atoms with van der Waals surface area (Å²) < 4.78 is 31.9. The van der Waals surface area contributed by atoms with Crippen molar-refractivity contribution in [2.45, 2.75) is 58.8 Å². The number of anilines is 1. The van der Waals surface area contributed by atoms with Crippen molar-refractivity contribution in [2.24, 2.45) is 0 Å². The highest BCUT2D eigenvalue weighted by atomic mass is 19.1. The van der Waals surface area contributed by atoms with Crippen molar-refractivity contribution in [1.29, 1.82) is 0 Å². The first kappa shape index (κ1) is 23.0. The predicted molar refractivity (Wildman–Crippen MR) is 116 cm³/mol. The Morgan fingerprint density at radius 1 is 1.06 bits per heavy atom. The maximum atomic E-state index is 14.8. The van der Waals surface area contributed by atoms with Gasteiger partial charge in [-0.05, 0) is 46.8 Å². The molecule has 1 atom stereocenters. The lowest BCUT2D eigenvalue weighted by Gasteiger charge is -2.32. The van der Waals surface area contributed by atoms with Gasteiger partial charge in [-0.1, -0.05) is 35.9 Å². The van der Waals surface area contributed by atoms with Crippen LogP contribution in [-0.2, 0) is 23.6 Å². The molecule has 1 amide bonds. The van der Waals surface area contributed by atoms with E-state index in [9.17, 15) is 14.0 Å². The van der Waals surface area contributed by atoms with E-state index >= 15 is 0 Å². The Bertz CT molecular complexity index is 991. The molecule has 1 heterocycles. The van der Waals surface area contributed by atoms with Gasteiger partial charge in [0.1, 0.15) is 5.82 Å². The third-order valence-corrected chi connectivity index (χ3v) is 5.64. The number of hydrogen-bond acceptors (Lipinski definition) is 5. The molecule has 0 radical (unpaired) electrons. The number of carbonyl (C=O) groups excluding carboxylic acids is 2. The van der Waals surface area contributed by atoms with Crippen LogP contribution < -0.4 is 10.8 Å². The molecule has 2 aromatic carbocycles. The Balaban J connectivity index is 1.80. The Morgan fingerprint density at radius 3 is 2.26 bits per heavy atom. The molecular formula is C23H27BFNO5. The second kappa shape index (κ2) is 8.44. The van der Waals surface area contributed by atoms with Gasteiger partial charge >= 0.3 is 13.1 Å². The van der Waals surface area contributed by atoms with E-state index in [2.05, 4.69) is 5.32 Å². The number of halogens is 1. The standard InChI is InChI=1S/C23H27BFNO5/c1-14-8-7-9-16(12-14)20(29-15(2)27)21(28)26-17-10-11-18(19(25)13-17)24-30-22(3,4)23(5,6)31-24/h7-13,20H,1-6H3,(H,26,28). The van der Waals surface area contributed by atoms with Crippen LogP contribution in [0.5, 0.6) is 0 Å². The minimum Gasteiger partial charge on any atom is -0.447 e. The zero-order valence-corrected chi connectivity index (χ0v) is 18.6. The number of amides is 1. The second-order valence-electron chi connectivity index (χ2n) is 8.72. The molecular weight excluding hydrogens is 400 g/mol. The van der Waals surface area contributed by atoms with Crippen molar-refractivity contribution in [1.82, 2.24) is 0 Å². The van der Waals surface area contributed by atoms with Gasteiger partial charge in [0.25, 0.3) is 5.91 Å². The van der Waals surface area contributed by atoms with Gasteiger partial charge in [-0.3, -0.25) is 9.59 Å². The van der Waals surface area contributed by atoms with E-state index < -0.39 is 42.1 Å². The third-order valence-electron chi connectivity index (χ3n) is 5.64. The SMILES string of the molecule is CC(=O)OC(C(=O)Nc1ccc(B2OC(C)(C)C(C)(C)O2)c(F)c1)c1cccc(C)c1. The Kier molecular flexibility index (Phi) is 6.25. The molecule has 2 aromatic rings. The monoisotopic (exact) mass is 427 g/mol. The highest BCUT2D eigenvalue weighted by Crippen LogP contribution is 2.36. The number of aryl methyl sites for hydroxylation is 1. The van der Waals surface area contributed by atoms with Crippen molar-refractivity contribution in [3.8, 4) is 0 Å². The zero-order valence-electron chi connectivity index (χ0n) is 18.6. The molecule has 0 spiro atoms. The number of ether oxygens (including phenoxy) is 1. The normalized spacial score (nSPS) is 17.8. The van der Waals surface area contributed by atoms with E-state index in [-0.39, 0.29) is 11.2 Å². The summed E-state index contributed by atoms with van der Waals surface area (Å²) in [6.45, 7) is 10.7. The van der Waals surface area contributed by atoms with Gasteiger partial charge in [0.05, 0.1) is 11.2 Å². The highest BCUT2D eigenvalue weighted by Gasteiger charge is 2.52. The van der Waals surface area contributed by atoms with Gasteiger partial charge < -0.3 is 19.4 Å². The van der Waals surface area contributed by atoms with Crippen molar-refractivity contribution >= 4 is 30.1 Å². The number of carbonyl (C=O) groups is 2. The smallest absolute Gasteiger partial charge is 0.447 e. The van der Waals surface area contributed by atoms with E-state index in [1.807, 2.05) is 40.7 Å². The minimum atomic E-state index is -1.15. The number of nitrogens with one attached hydrogen (secondary N) is 1. The molecule has 3 rings (SSSR count). The summed E-state index contributed by atoms with van der Waals surface area (Å²) in [5, 5.41) is 2.62. The molecule has 0 saturated carbocycles. The van der Waals surface area contributed by atoms with Gasteiger partial charge in [0, 0.05) is 23.6 Å². The largest absolute Gasteiger partial charge is 0.497 e. The van der Waals surface area contributed by atoms with Crippen LogP contribution in [0.15, 0.2) is 42.5 Å². The fourth-order valence-corrected chi connectivity index (χ4v) is 3.25. The Labute approximate surface area is 182 Å². The topological polar surface area (TPSA) is 73.9 Å². The molecule has 0 bridgehead atoms. The van der Waals surface area contributed by atoms with Crippen molar-refractivity contribution in [3.63, 3.8) is 0 Å². The molecule has 8 heteroatoms. The lowest BCUT2D eigenvalue weighted by atomic mass is 9.78. The van der Waals surface area contributed by atoms with E-state index in [0.717, 1.165) is 5.56 Å². The van der Waals surface area contributed by atoms with Gasteiger partial charge in [0.2, 0.25) is 6.10 Å². The van der Waals surface area contributed by atoms with Crippen LogP contribution in [0.1, 0.15) is 51.8 Å². The average molecular weight is 427 g/mol. The molecule has 6 nitrogen and oxygen atoms in total. The number of benzene rings is 2. The molecule has 1 aliphatic heterocycles. The van der Waals surface area contributed by atoms with Crippen LogP contribution in [0.3, 0.4) is 0 Å². The van der Waals surface area contributed by atoms with Crippen LogP contribution in [0.4, 0.5) is 10.1 Å². The quantitative estimate of drug-likeness (QED) is 0.582. The first-order chi connectivity index (χ1) is 14.4. The zero-order chi connectivity index (χ0) is 23.0. The molecule has 1 saturated heterocycles. The van der Waals surface area contributed by atoms with Gasteiger partial charge in [0.15, 0.2) is 0 Å². The fraction of sp³-hybridized carbons (Fsp3) is 0.391. The number of rotatable bonds is 5. The van der Waals surface area contributed by atoms with Gasteiger partial charge in [-0.25, -0.2) is 4.39 Å². The predicted octanol–water partition coefficient (Wildman–Crippen LogP) is 3.68. The minimum absolute atomic E-state index is 0.229. The average Bonchev–Trinajstić information content (AvgIpc) is 2.86. The van der Waals surface area contributed by atoms with Gasteiger partial charge in [-0.15, -0.1) is 0 Å². The summed E-state index contributed by atoms with van der Waals surface area (Å²) in [6, 6.07) is 11.4. The van der Waals surface area contributed by atoms with Crippen molar-refractivity contribution in [2.75, 3.05) is 5.32 Å². The summed E-state index contributed by atoms with van der Waals surface area (Å²) in [5.74, 6) is -1.75. The highest BCUT2D eigenvalue weighted by molar-refractivity contribution is 6.62. The maximum absolute atomic E-state index is 14.8. The lowest BCUT2D eigenvalue weighted by Crippen LogP contribution is -2.41. The Morgan fingerprint density at radius 2 is 1.71 bits per heavy atom. The summed E-state index contributed by atoms with van der Waals surface area (Å²) in [4.78, 5) is 24.4. The summed E-state index contributed by atoms with van der Waals surface area (Å²) in [6.07, 6.45) is -1.15. The molecule has 1 aliphatic rings. The van der Waals surface area contributed by atoms with Crippen molar-refractivity contribution < 1.29 is 28.0 Å². The first-order valence-electron chi connectivity index (χ1n) is 10.1. The summed E-state index contributed by atoms with van der Waals surface area (Å²) in [5.41, 5.74) is 0.728. The number of esters is 1. The maximum Gasteiger partial charge on any atom is 0.497 e. The molecule has 31 heavy (non-hydrogen) atoms. The molecule has 0 aliphatic carbocycles. The lowest BCUT2D eigenvalue weighted by molar-refractivity contribution is -0.152. The van der Waals surface area contributed by atoms with Crippen LogP contribution in [0, 0.1) is 12.7 Å². The van der Waals surface area contributed by atoms with Gasteiger partial charge in [-0.2, -0.15) is 0 Å². The molecule has 164 valence electrons. The van der Waals surface area contributed by atoms with E-state index in [1.165, 1.54) is 19.1 Å². The molecule has 0 aromatic heterocycles. The Hall–Kier alpha value is -2.71. The van der Waals surface area contributed by atoms with E-state index in [1.54, 1.807) is 24.3 Å². The molecule has 1 fully saturated rings. The molecule has 1 unspecified atom stereocenters. The summed E-state index contributed by atoms with van der Waals surface area (Å²) in [7, 11) is -0.851. The third kappa shape index (κ3) is 4.97. The summed E-state index contributed by atoms with van der Waals surface area (Å²) >= 11 is 0. The molecule has 1 N–H and O–H groups in total.